The molecule has 0 amide bonds. The second-order valence-electron chi connectivity index (χ2n) is 8.38. The number of aromatic nitrogens is 1. The zero-order chi connectivity index (χ0) is 17.2. The van der Waals surface area contributed by atoms with E-state index in [1.807, 2.05) is 19.9 Å². The van der Waals surface area contributed by atoms with Crippen LogP contribution >= 0.6 is 0 Å². The van der Waals surface area contributed by atoms with Gasteiger partial charge in [0.15, 0.2) is 12.0 Å². The summed E-state index contributed by atoms with van der Waals surface area (Å²) in [6.07, 6.45) is 8.22. The molecule has 0 saturated heterocycles. The van der Waals surface area contributed by atoms with Crippen LogP contribution in [-0.2, 0) is 0 Å². The summed E-state index contributed by atoms with van der Waals surface area (Å²) in [5.41, 5.74) is 6.86. The van der Waals surface area contributed by atoms with Crippen LogP contribution < -0.4 is 0 Å². The molecule has 0 radical (unpaired) electrons. The highest BCUT2D eigenvalue weighted by Gasteiger charge is 2.44. The zero-order valence-corrected chi connectivity index (χ0v) is 15.3. The second kappa shape index (κ2) is 5.19. The molecule has 2 aliphatic rings. The molecule has 4 rings (SSSR count). The maximum Gasteiger partial charge on any atom is 0.182 e. The van der Waals surface area contributed by atoms with E-state index >= 15 is 0 Å². The third-order valence-corrected chi connectivity index (χ3v) is 6.17. The summed E-state index contributed by atoms with van der Waals surface area (Å²) >= 11 is 0. The smallest absolute Gasteiger partial charge is 0.182 e. The topological polar surface area (TPSA) is 46.3 Å². The fraction of sp³-hybridized carbons (Fsp3) is 0.571. The normalized spacial score (nSPS) is 29.6. The minimum atomic E-state index is -0.778. The number of hydrogen-bond acceptors (Lipinski definition) is 3. The van der Waals surface area contributed by atoms with Crippen LogP contribution in [0.2, 0.25) is 0 Å². The minimum absolute atomic E-state index is 0.349. The highest BCUT2D eigenvalue weighted by atomic mass is 16.3. The third kappa shape index (κ3) is 2.17. The molecule has 0 spiro atoms. The molecule has 1 aromatic heterocycles. The van der Waals surface area contributed by atoms with Gasteiger partial charge in [0.1, 0.15) is 5.52 Å². The van der Waals surface area contributed by atoms with Gasteiger partial charge in [-0.3, -0.25) is 0 Å². The lowest BCUT2D eigenvalue weighted by Gasteiger charge is -2.29. The Morgan fingerprint density at radius 1 is 1.21 bits per heavy atom. The summed E-state index contributed by atoms with van der Waals surface area (Å²) in [5.74, 6) is 2.02. The average Bonchev–Trinajstić information content (AvgIpc) is 3.07. The quantitative estimate of drug-likeness (QED) is 0.774. The van der Waals surface area contributed by atoms with E-state index in [0.29, 0.717) is 23.7 Å². The monoisotopic (exact) mass is 325 g/mol. The molecular weight excluding hydrogens is 298 g/mol. The van der Waals surface area contributed by atoms with Gasteiger partial charge in [-0.1, -0.05) is 26.0 Å². The second-order valence-corrected chi connectivity index (χ2v) is 8.38. The van der Waals surface area contributed by atoms with Crippen molar-refractivity contribution in [2.24, 2.45) is 5.92 Å². The van der Waals surface area contributed by atoms with Crippen LogP contribution in [0, 0.1) is 12.8 Å². The molecule has 2 aromatic rings. The van der Waals surface area contributed by atoms with Gasteiger partial charge in [0.2, 0.25) is 0 Å². The Hall–Kier alpha value is -1.61. The van der Waals surface area contributed by atoms with E-state index in [0.717, 1.165) is 11.1 Å². The summed E-state index contributed by atoms with van der Waals surface area (Å²) in [5, 5.41) is 10.1. The number of rotatable bonds is 2. The molecule has 0 unspecified atom stereocenters. The Morgan fingerprint density at radius 3 is 2.67 bits per heavy atom. The number of oxazole rings is 1. The van der Waals surface area contributed by atoms with E-state index in [9.17, 15) is 5.11 Å². The number of allylic oxidation sites excluding steroid dienone is 1. The van der Waals surface area contributed by atoms with E-state index in [1.54, 1.807) is 6.39 Å². The Kier molecular flexibility index (Phi) is 3.44. The molecular formula is C21H27NO2. The number of aliphatic hydroxyl groups is 1. The third-order valence-electron chi connectivity index (χ3n) is 6.17. The maximum absolute atomic E-state index is 10.1. The first kappa shape index (κ1) is 15.9. The van der Waals surface area contributed by atoms with Crippen LogP contribution in [0.5, 0.6) is 0 Å². The van der Waals surface area contributed by atoms with E-state index in [2.05, 4.69) is 31.8 Å². The van der Waals surface area contributed by atoms with Gasteiger partial charge >= 0.3 is 0 Å². The molecule has 0 bridgehead atoms. The SMILES string of the molecule is Cc1c2c3c(c4ocnc14)[C@@H](C)CC[C@@H]3[C@@H](C)[C@@H]2C=CC(C)(C)O. The summed E-state index contributed by atoms with van der Waals surface area (Å²) < 4.78 is 5.81. The van der Waals surface area contributed by atoms with Gasteiger partial charge in [0, 0.05) is 11.5 Å². The predicted octanol–water partition coefficient (Wildman–Crippen LogP) is 5.18. The Labute approximate surface area is 143 Å². The lowest BCUT2D eigenvalue weighted by atomic mass is 9.75. The first-order valence-corrected chi connectivity index (χ1v) is 9.10. The average molecular weight is 325 g/mol. The lowest BCUT2D eigenvalue weighted by molar-refractivity contribution is 0.132. The summed E-state index contributed by atoms with van der Waals surface area (Å²) in [4.78, 5) is 4.52. The Bertz CT molecular complexity index is 824. The molecule has 1 N–H and O–H groups in total. The van der Waals surface area contributed by atoms with E-state index in [-0.39, 0.29) is 0 Å². The zero-order valence-electron chi connectivity index (χ0n) is 15.3. The van der Waals surface area contributed by atoms with Crippen LogP contribution in [0.1, 0.15) is 80.5 Å². The van der Waals surface area contributed by atoms with Crippen molar-refractivity contribution < 1.29 is 9.52 Å². The first-order chi connectivity index (χ1) is 11.3. The molecule has 1 aromatic carbocycles. The summed E-state index contributed by atoms with van der Waals surface area (Å²) in [6.45, 7) is 10.5. The molecule has 4 atom stereocenters. The molecule has 24 heavy (non-hydrogen) atoms. The molecule has 3 heteroatoms. The highest BCUT2D eigenvalue weighted by molar-refractivity contribution is 5.85. The number of fused-ring (bicyclic) bond motifs is 2. The largest absolute Gasteiger partial charge is 0.443 e. The van der Waals surface area contributed by atoms with Gasteiger partial charge < -0.3 is 9.52 Å². The van der Waals surface area contributed by atoms with Crippen molar-refractivity contribution in [3.8, 4) is 0 Å². The van der Waals surface area contributed by atoms with Crippen molar-refractivity contribution in [3.63, 3.8) is 0 Å². The minimum Gasteiger partial charge on any atom is -0.443 e. The Balaban J connectivity index is 1.99. The highest BCUT2D eigenvalue weighted by Crippen LogP contribution is 2.58. The van der Waals surface area contributed by atoms with E-state index in [1.165, 1.54) is 35.1 Å². The van der Waals surface area contributed by atoms with Crippen molar-refractivity contribution in [2.45, 2.75) is 70.8 Å². The summed E-state index contributed by atoms with van der Waals surface area (Å²) in [6, 6.07) is 0. The molecule has 1 heterocycles. The maximum atomic E-state index is 10.1. The molecule has 0 saturated carbocycles. The lowest BCUT2D eigenvalue weighted by Crippen LogP contribution is -2.16. The fourth-order valence-corrected chi connectivity index (χ4v) is 4.99. The van der Waals surface area contributed by atoms with E-state index in [4.69, 9.17) is 4.42 Å². The molecule has 3 nitrogen and oxygen atoms in total. The number of nitrogens with zero attached hydrogens (tertiary/aromatic N) is 1. The van der Waals surface area contributed by atoms with Crippen molar-refractivity contribution >= 4 is 11.1 Å². The standard InChI is InChI=1S/C21H27NO2/c1-11-6-7-14-12(2)15(8-9-21(4,5)23)17-13(3)19-20(24-10-22-19)16(11)18(14)17/h8-12,14-15,23H,6-7H2,1-5H3/t11-,12+,14+,15-/m0/s1. The van der Waals surface area contributed by atoms with Crippen LogP contribution in [0.25, 0.3) is 11.1 Å². The van der Waals surface area contributed by atoms with Gasteiger partial charge in [0.05, 0.1) is 5.60 Å². The van der Waals surface area contributed by atoms with Gasteiger partial charge in [-0.15, -0.1) is 0 Å². The van der Waals surface area contributed by atoms with Crippen LogP contribution in [0.15, 0.2) is 23.0 Å². The van der Waals surface area contributed by atoms with Crippen molar-refractivity contribution in [1.82, 2.24) is 4.98 Å². The first-order valence-electron chi connectivity index (χ1n) is 9.10. The van der Waals surface area contributed by atoms with Gasteiger partial charge in [-0.25, -0.2) is 4.98 Å². The van der Waals surface area contributed by atoms with Gasteiger partial charge in [-0.05, 0) is 68.1 Å². The number of hydrogen-bond donors (Lipinski definition) is 1. The van der Waals surface area contributed by atoms with Gasteiger partial charge in [0.25, 0.3) is 0 Å². The van der Waals surface area contributed by atoms with Crippen molar-refractivity contribution in [3.05, 3.63) is 40.8 Å². The molecule has 0 aliphatic heterocycles. The molecule has 0 fully saturated rings. The van der Waals surface area contributed by atoms with Gasteiger partial charge in [-0.2, -0.15) is 0 Å². The van der Waals surface area contributed by atoms with E-state index < -0.39 is 5.60 Å². The van der Waals surface area contributed by atoms with Crippen LogP contribution in [-0.4, -0.2) is 15.7 Å². The number of benzene rings is 1. The predicted molar refractivity (Wildman–Crippen MR) is 96.5 cm³/mol. The van der Waals surface area contributed by atoms with Crippen molar-refractivity contribution in [1.29, 1.82) is 0 Å². The fourth-order valence-electron chi connectivity index (χ4n) is 4.99. The Morgan fingerprint density at radius 2 is 1.96 bits per heavy atom. The van der Waals surface area contributed by atoms with Crippen LogP contribution in [0.3, 0.4) is 0 Å². The molecule has 2 aliphatic carbocycles. The number of aryl methyl sites for hydroxylation is 1. The summed E-state index contributed by atoms with van der Waals surface area (Å²) in [7, 11) is 0. The van der Waals surface area contributed by atoms with Crippen LogP contribution in [0.4, 0.5) is 0 Å². The molecule has 128 valence electrons. The van der Waals surface area contributed by atoms with Crippen molar-refractivity contribution in [2.75, 3.05) is 0 Å².